The van der Waals surface area contributed by atoms with Gasteiger partial charge in [0, 0.05) is 19.3 Å². The van der Waals surface area contributed by atoms with E-state index in [2.05, 4.69) is 5.32 Å². The van der Waals surface area contributed by atoms with Crippen LogP contribution in [0.15, 0.2) is 0 Å². The van der Waals surface area contributed by atoms with E-state index >= 15 is 0 Å². The Kier molecular flexibility index (Phi) is 2.59. The molecule has 1 aliphatic heterocycles. The van der Waals surface area contributed by atoms with Crippen LogP contribution in [0.1, 0.15) is 0 Å². The molecule has 0 aromatic heterocycles. The van der Waals surface area contributed by atoms with Crippen LogP contribution >= 0.6 is 0 Å². The minimum Gasteiger partial charge on any atom is -0.315 e. The van der Waals surface area contributed by atoms with Crippen LogP contribution in [0.25, 0.3) is 0 Å². The quantitative estimate of drug-likeness (QED) is 0.681. The largest absolute Gasteiger partial charge is 0.394 e. The number of rotatable bonds is 1. The molecule has 0 bridgehead atoms. The van der Waals surface area contributed by atoms with Gasteiger partial charge in [-0.3, -0.25) is 0 Å². The highest BCUT2D eigenvalue weighted by Crippen LogP contribution is 2.33. The molecule has 0 aromatic carbocycles. The zero-order chi connectivity index (χ0) is 10.3. The van der Waals surface area contributed by atoms with Crippen LogP contribution in [0.5, 0.6) is 0 Å². The van der Waals surface area contributed by atoms with Gasteiger partial charge >= 0.3 is 6.18 Å². The summed E-state index contributed by atoms with van der Waals surface area (Å²) in [6, 6.07) is 0. The molecular formula is C6H10F3NO2S. The Bertz CT molecular complexity index is 285. The summed E-state index contributed by atoms with van der Waals surface area (Å²) in [4.78, 5) is 0. The predicted molar refractivity (Wildman–Crippen MR) is 41.0 cm³/mol. The Morgan fingerprint density at radius 1 is 1.31 bits per heavy atom. The molecule has 78 valence electrons. The van der Waals surface area contributed by atoms with Crippen LogP contribution < -0.4 is 5.32 Å². The summed E-state index contributed by atoms with van der Waals surface area (Å²) in [5.41, 5.74) is 0. The Balaban J connectivity index is 2.89. The first-order chi connectivity index (χ1) is 5.73. The molecule has 1 fully saturated rings. The van der Waals surface area contributed by atoms with Crippen molar-refractivity contribution in [2.75, 3.05) is 19.3 Å². The molecule has 1 aliphatic rings. The summed E-state index contributed by atoms with van der Waals surface area (Å²) < 4.78 is 58.6. The van der Waals surface area contributed by atoms with E-state index in [0.29, 0.717) is 0 Å². The highest BCUT2D eigenvalue weighted by atomic mass is 32.2. The van der Waals surface area contributed by atoms with Crippen molar-refractivity contribution in [1.29, 1.82) is 0 Å². The van der Waals surface area contributed by atoms with E-state index in [4.69, 9.17) is 0 Å². The second-order valence-electron chi connectivity index (χ2n) is 3.17. The molecule has 2 atom stereocenters. The topological polar surface area (TPSA) is 46.2 Å². The maximum absolute atomic E-state index is 12.2. The number of hydrogen-bond donors (Lipinski definition) is 1. The van der Waals surface area contributed by atoms with Crippen molar-refractivity contribution < 1.29 is 21.6 Å². The first kappa shape index (κ1) is 10.8. The van der Waals surface area contributed by atoms with Crippen molar-refractivity contribution >= 4 is 9.84 Å². The molecular weight excluding hydrogens is 207 g/mol. The third kappa shape index (κ3) is 2.34. The molecule has 3 nitrogen and oxygen atoms in total. The fourth-order valence-corrected chi connectivity index (χ4v) is 2.70. The summed E-state index contributed by atoms with van der Waals surface area (Å²) in [5.74, 6) is -1.76. The lowest BCUT2D eigenvalue weighted by molar-refractivity contribution is -0.167. The fourth-order valence-electron chi connectivity index (χ4n) is 1.43. The summed E-state index contributed by atoms with van der Waals surface area (Å²) >= 11 is 0. The summed E-state index contributed by atoms with van der Waals surface area (Å²) in [6.45, 7) is -0.412. The highest BCUT2D eigenvalue weighted by Gasteiger charge is 2.50. The zero-order valence-electron chi connectivity index (χ0n) is 6.93. The van der Waals surface area contributed by atoms with E-state index < -0.39 is 27.2 Å². The first-order valence-corrected chi connectivity index (χ1v) is 5.64. The van der Waals surface area contributed by atoms with Gasteiger partial charge < -0.3 is 5.32 Å². The monoisotopic (exact) mass is 217 g/mol. The van der Waals surface area contributed by atoms with E-state index in [1.54, 1.807) is 0 Å². The number of hydrogen-bond acceptors (Lipinski definition) is 3. The van der Waals surface area contributed by atoms with Crippen molar-refractivity contribution in [1.82, 2.24) is 5.32 Å². The SMILES string of the molecule is CS(=O)(=O)[C@@H]1CNC[C@H]1C(F)(F)F. The van der Waals surface area contributed by atoms with Gasteiger partial charge in [-0.2, -0.15) is 13.2 Å². The van der Waals surface area contributed by atoms with Gasteiger partial charge in [0.25, 0.3) is 0 Å². The van der Waals surface area contributed by atoms with Gasteiger partial charge in [0.05, 0.1) is 11.2 Å². The number of halogens is 3. The molecule has 0 aliphatic carbocycles. The van der Waals surface area contributed by atoms with Crippen LogP contribution in [0, 0.1) is 5.92 Å². The van der Waals surface area contributed by atoms with Crippen molar-refractivity contribution in [2.24, 2.45) is 5.92 Å². The zero-order valence-corrected chi connectivity index (χ0v) is 7.74. The number of sulfone groups is 1. The van der Waals surface area contributed by atoms with Crippen molar-refractivity contribution in [3.63, 3.8) is 0 Å². The fraction of sp³-hybridized carbons (Fsp3) is 1.00. The third-order valence-electron chi connectivity index (χ3n) is 2.13. The molecule has 1 heterocycles. The van der Waals surface area contributed by atoms with Crippen LogP contribution in [-0.2, 0) is 9.84 Å². The molecule has 1 rings (SSSR count). The van der Waals surface area contributed by atoms with Crippen LogP contribution in [0.2, 0.25) is 0 Å². The third-order valence-corrected chi connectivity index (χ3v) is 3.72. The molecule has 0 radical (unpaired) electrons. The van der Waals surface area contributed by atoms with Gasteiger partial charge in [-0.1, -0.05) is 0 Å². The van der Waals surface area contributed by atoms with Crippen molar-refractivity contribution in [3.05, 3.63) is 0 Å². The average Bonchev–Trinajstić information content (AvgIpc) is 2.27. The molecule has 1 N–H and O–H groups in total. The van der Waals surface area contributed by atoms with Gasteiger partial charge in [0.1, 0.15) is 0 Å². The molecule has 0 unspecified atom stereocenters. The second-order valence-corrected chi connectivity index (χ2v) is 5.44. The smallest absolute Gasteiger partial charge is 0.315 e. The molecule has 0 saturated carbocycles. The Hall–Kier alpha value is -0.300. The summed E-state index contributed by atoms with van der Waals surface area (Å²) in [5, 5.41) is 1.11. The maximum atomic E-state index is 12.2. The molecule has 0 spiro atoms. The Morgan fingerprint density at radius 3 is 2.15 bits per heavy atom. The standard InChI is InChI=1S/C6H10F3NO2S/c1-13(11,12)5-3-10-2-4(5)6(7,8)9/h4-5,10H,2-3H2,1H3/t4-,5-/m1/s1. The minimum atomic E-state index is -4.43. The van der Waals surface area contributed by atoms with Crippen LogP contribution in [0.3, 0.4) is 0 Å². The van der Waals surface area contributed by atoms with E-state index in [1.807, 2.05) is 0 Å². The lowest BCUT2D eigenvalue weighted by Gasteiger charge is -2.19. The van der Waals surface area contributed by atoms with Gasteiger partial charge in [0.2, 0.25) is 0 Å². The van der Waals surface area contributed by atoms with Crippen LogP contribution in [0.4, 0.5) is 13.2 Å². The van der Waals surface area contributed by atoms with Gasteiger partial charge in [-0.25, -0.2) is 8.42 Å². The van der Waals surface area contributed by atoms with E-state index in [9.17, 15) is 21.6 Å². The Labute approximate surface area is 74.2 Å². The lowest BCUT2D eigenvalue weighted by atomic mass is 10.1. The van der Waals surface area contributed by atoms with E-state index in [1.165, 1.54) is 0 Å². The van der Waals surface area contributed by atoms with Gasteiger partial charge in [-0.05, 0) is 0 Å². The molecule has 0 amide bonds. The van der Waals surface area contributed by atoms with Crippen LogP contribution in [-0.4, -0.2) is 39.2 Å². The lowest BCUT2D eigenvalue weighted by Crippen LogP contribution is -2.37. The molecule has 13 heavy (non-hydrogen) atoms. The minimum absolute atomic E-state index is 0.108. The summed E-state index contributed by atoms with van der Waals surface area (Å²) in [6.07, 6.45) is -3.60. The van der Waals surface area contributed by atoms with E-state index in [0.717, 1.165) is 6.26 Å². The van der Waals surface area contributed by atoms with Gasteiger partial charge in [-0.15, -0.1) is 0 Å². The van der Waals surface area contributed by atoms with E-state index in [-0.39, 0.29) is 13.1 Å². The second kappa shape index (κ2) is 3.13. The van der Waals surface area contributed by atoms with Crippen molar-refractivity contribution in [3.8, 4) is 0 Å². The average molecular weight is 217 g/mol. The molecule has 7 heteroatoms. The summed E-state index contributed by atoms with van der Waals surface area (Å²) in [7, 11) is -3.62. The normalized spacial score (nSPS) is 30.8. The molecule has 0 aromatic rings. The first-order valence-electron chi connectivity index (χ1n) is 3.69. The number of nitrogens with one attached hydrogen (secondary N) is 1. The maximum Gasteiger partial charge on any atom is 0.394 e. The van der Waals surface area contributed by atoms with Crippen molar-refractivity contribution in [2.45, 2.75) is 11.4 Å². The Morgan fingerprint density at radius 2 is 1.85 bits per heavy atom. The highest BCUT2D eigenvalue weighted by molar-refractivity contribution is 7.91. The molecule has 1 saturated heterocycles. The van der Waals surface area contributed by atoms with Gasteiger partial charge in [0.15, 0.2) is 9.84 Å². The predicted octanol–water partition coefficient (Wildman–Crippen LogP) is 0.181. The number of alkyl halides is 3.